The lowest BCUT2D eigenvalue weighted by Gasteiger charge is -2.09. The first kappa shape index (κ1) is 13.3. The Morgan fingerprint density at radius 3 is 2.58 bits per heavy atom. The molecule has 1 aromatic heterocycles. The van der Waals surface area contributed by atoms with Crippen LogP contribution in [0.3, 0.4) is 0 Å². The van der Waals surface area contributed by atoms with Crippen molar-refractivity contribution in [1.82, 2.24) is 9.97 Å². The van der Waals surface area contributed by atoms with Crippen LogP contribution in [0.5, 0.6) is 0 Å². The second kappa shape index (κ2) is 6.70. The van der Waals surface area contributed by atoms with Gasteiger partial charge in [-0.3, -0.25) is 0 Å². The highest BCUT2D eigenvalue weighted by atomic mass is 15.1. The van der Waals surface area contributed by atoms with E-state index < -0.39 is 0 Å². The Kier molecular flexibility index (Phi) is 4.69. The van der Waals surface area contributed by atoms with E-state index in [9.17, 15) is 0 Å². The van der Waals surface area contributed by atoms with Gasteiger partial charge in [0.25, 0.3) is 0 Å². The van der Waals surface area contributed by atoms with Crippen LogP contribution in [0, 0.1) is 6.92 Å². The molecule has 5 nitrogen and oxygen atoms in total. The number of nitrogens with two attached hydrogens (primary N) is 1. The van der Waals surface area contributed by atoms with E-state index in [1.807, 2.05) is 43.3 Å². The molecular weight excluding hydrogens is 238 g/mol. The Bertz CT molecular complexity index is 512. The highest BCUT2D eigenvalue weighted by Gasteiger charge is 2.01. The topological polar surface area (TPSA) is 75.9 Å². The zero-order valence-corrected chi connectivity index (χ0v) is 11.1. The summed E-state index contributed by atoms with van der Waals surface area (Å²) < 4.78 is 0. The summed E-state index contributed by atoms with van der Waals surface area (Å²) >= 11 is 0. The van der Waals surface area contributed by atoms with Gasteiger partial charge in [-0.15, -0.1) is 0 Å². The second-order valence-corrected chi connectivity index (χ2v) is 4.25. The molecule has 4 N–H and O–H groups in total. The van der Waals surface area contributed by atoms with Crippen LogP contribution in [0.1, 0.15) is 12.2 Å². The van der Waals surface area contributed by atoms with Gasteiger partial charge in [0.15, 0.2) is 0 Å². The van der Waals surface area contributed by atoms with Crippen LogP contribution in [-0.4, -0.2) is 23.1 Å². The molecule has 2 rings (SSSR count). The Hall–Kier alpha value is -2.14. The van der Waals surface area contributed by atoms with E-state index in [1.54, 1.807) is 0 Å². The van der Waals surface area contributed by atoms with Crippen molar-refractivity contribution < 1.29 is 0 Å². The predicted octanol–water partition coefficient (Wildman–Crippen LogP) is 2.29. The molecule has 0 saturated carbocycles. The van der Waals surface area contributed by atoms with Crippen LogP contribution < -0.4 is 16.4 Å². The van der Waals surface area contributed by atoms with Gasteiger partial charge in [0.05, 0.1) is 0 Å². The van der Waals surface area contributed by atoms with Crippen molar-refractivity contribution >= 4 is 17.3 Å². The summed E-state index contributed by atoms with van der Waals surface area (Å²) in [4.78, 5) is 8.71. The monoisotopic (exact) mass is 257 g/mol. The number of anilines is 3. The third-order valence-electron chi connectivity index (χ3n) is 2.57. The number of aryl methyl sites for hydroxylation is 1. The SMILES string of the molecule is Cc1nc(NCCCN)cc(Nc2ccccc2)n1. The second-order valence-electron chi connectivity index (χ2n) is 4.25. The molecule has 0 aliphatic rings. The fraction of sp³-hybridized carbons (Fsp3) is 0.286. The highest BCUT2D eigenvalue weighted by molar-refractivity contribution is 5.58. The molecule has 0 spiro atoms. The van der Waals surface area contributed by atoms with Gasteiger partial charge in [-0.2, -0.15) is 0 Å². The molecule has 0 bridgehead atoms. The first-order valence-electron chi connectivity index (χ1n) is 6.39. The van der Waals surface area contributed by atoms with Gasteiger partial charge >= 0.3 is 0 Å². The first-order chi connectivity index (χ1) is 9.28. The van der Waals surface area contributed by atoms with E-state index in [2.05, 4.69) is 20.6 Å². The maximum Gasteiger partial charge on any atom is 0.136 e. The molecule has 0 radical (unpaired) electrons. The molecule has 19 heavy (non-hydrogen) atoms. The summed E-state index contributed by atoms with van der Waals surface area (Å²) in [5.41, 5.74) is 6.48. The third-order valence-corrected chi connectivity index (χ3v) is 2.57. The lowest BCUT2D eigenvalue weighted by Crippen LogP contribution is -2.10. The molecule has 100 valence electrons. The van der Waals surface area contributed by atoms with Crippen molar-refractivity contribution in [3.63, 3.8) is 0 Å². The normalized spacial score (nSPS) is 10.2. The van der Waals surface area contributed by atoms with E-state index in [0.717, 1.165) is 36.1 Å². The minimum Gasteiger partial charge on any atom is -0.370 e. The number of benzene rings is 1. The molecule has 1 heterocycles. The number of hydrogen-bond donors (Lipinski definition) is 3. The quantitative estimate of drug-likeness (QED) is 0.692. The molecule has 0 aliphatic carbocycles. The Morgan fingerprint density at radius 2 is 1.84 bits per heavy atom. The average molecular weight is 257 g/mol. The van der Waals surface area contributed by atoms with Crippen LogP contribution in [-0.2, 0) is 0 Å². The predicted molar refractivity (Wildman–Crippen MR) is 78.7 cm³/mol. The molecular formula is C14H19N5. The average Bonchev–Trinajstić information content (AvgIpc) is 2.39. The van der Waals surface area contributed by atoms with Crippen molar-refractivity contribution in [3.05, 3.63) is 42.2 Å². The van der Waals surface area contributed by atoms with Crippen molar-refractivity contribution in [2.24, 2.45) is 5.73 Å². The number of aromatic nitrogens is 2. The Morgan fingerprint density at radius 1 is 1.11 bits per heavy atom. The van der Waals surface area contributed by atoms with Gasteiger partial charge in [0.1, 0.15) is 17.5 Å². The number of para-hydroxylation sites is 1. The van der Waals surface area contributed by atoms with E-state index >= 15 is 0 Å². The van der Waals surface area contributed by atoms with E-state index in [1.165, 1.54) is 0 Å². The molecule has 0 saturated heterocycles. The molecule has 0 atom stereocenters. The molecule has 0 aliphatic heterocycles. The summed E-state index contributed by atoms with van der Waals surface area (Å²) in [6.07, 6.45) is 0.921. The standard InChI is InChI=1S/C14H19N5/c1-11-17-13(16-9-5-8-15)10-14(18-11)19-12-6-3-2-4-7-12/h2-4,6-7,10H,5,8-9,15H2,1H3,(H2,16,17,18,19). The van der Waals surface area contributed by atoms with E-state index in [4.69, 9.17) is 5.73 Å². The fourth-order valence-corrected chi connectivity index (χ4v) is 1.71. The number of rotatable bonds is 6. The van der Waals surface area contributed by atoms with Gasteiger partial charge in [-0.05, 0) is 32.0 Å². The summed E-state index contributed by atoms with van der Waals surface area (Å²) in [5.74, 6) is 2.34. The summed E-state index contributed by atoms with van der Waals surface area (Å²) in [5, 5.41) is 6.50. The molecule has 1 aromatic carbocycles. The van der Waals surface area contributed by atoms with Crippen molar-refractivity contribution in [3.8, 4) is 0 Å². The fourth-order valence-electron chi connectivity index (χ4n) is 1.71. The highest BCUT2D eigenvalue weighted by Crippen LogP contribution is 2.16. The van der Waals surface area contributed by atoms with Crippen molar-refractivity contribution in [1.29, 1.82) is 0 Å². The Labute approximate surface area is 113 Å². The maximum absolute atomic E-state index is 5.47. The molecule has 2 aromatic rings. The minimum absolute atomic E-state index is 0.673. The zero-order valence-electron chi connectivity index (χ0n) is 11.1. The lowest BCUT2D eigenvalue weighted by atomic mass is 10.3. The van der Waals surface area contributed by atoms with Gasteiger partial charge in [-0.25, -0.2) is 9.97 Å². The largest absolute Gasteiger partial charge is 0.370 e. The van der Waals surface area contributed by atoms with E-state index in [0.29, 0.717) is 6.54 Å². The van der Waals surface area contributed by atoms with Gasteiger partial charge < -0.3 is 16.4 Å². The summed E-state index contributed by atoms with van der Waals surface area (Å²) in [7, 11) is 0. The maximum atomic E-state index is 5.47. The van der Waals surface area contributed by atoms with Crippen molar-refractivity contribution in [2.45, 2.75) is 13.3 Å². The summed E-state index contributed by atoms with van der Waals surface area (Å²) in [6.45, 7) is 3.37. The number of nitrogens with zero attached hydrogens (tertiary/aromatic N) is 2. The van der Waals surface area contributed by atoms with Crippen LogP contribution in [0.15, 0.2) is 36.4 Å². The smallest absolute Gasteiger partial charge is 0.136 e. The third kappa shape index (κ3) is 4.22. The molecule has 5 heteroatoms. The van der Waals surface area contributed by atoms with Crippen LogP contribution in [0.2, 0.25) is 0 Å². The summed E-state index contributed by atoms with van der Waals surface area (Å²) in [6, 6.07) is 11.8. The molecule has 0 fully saturated rings. The van der Waals surface area contributed by atoms with Crippen LogP contribution >= 0.6 is 0 Å². The Balaban J connectivity index is 2.08. The lowest BCUT2D eigenvalue weighted by molar-refractivity contribution is 0.867. The van der Waals surface area contributed by atoms with Gasteiger partial charge in [-0.1, -0.05) is 18.2 Å². The zero-order chi connectivity index (χ0) is 13.5. The van der Waals surface area contributed by atoms with E-state index in [-0.39, 0.29) is 0 Å². The van der Waals surface area contributed by atoms with Crippen molar-refractivity contribution in [2.75, 3.05) is 23.7 Å². The molecule has 0 unspecified atom stereocenters. The van der Waals surface area contributed by atoms with Gasteiger partial charge in [0, 0.05) is 18.3 Å². The number of nitrogens with one attached hydrogen (secondary N) is 2. The first-order valence-corrected chi connectivity index (χ1v) is 6.39. The van der Waals surface area contributed by atoms with Crippen LogP contribution in [0.25, 0.3) is 0 Å². The minimum atomic E-state index is 0.673. The van der Waals surface area contributed by atoms with Crippen LogP contribution in [0.4, 0.5) is 17.3 Å². The molecule has 0 amide bonds. The van der Waals surface area contributed by atoms with Gasteiger partial charge in [0.2, 0.25) is 0 Å². The number of hydrogen-bond acceptors (Lipinski definition) is 5.